The molecular weight excluding hydrogens is 202 g/mol. The van der Waals surface area contributed by atoms with Crippen LogP contribution in [-0.2, 0) is 9.53 Å². The molecule has 0 saturated carbocycles. The van der Waals surface area contributed by atoms with Gasteiger partial charge in [0.05, 0.1) is 5.71 Å². The number of benzene rings is 1. The first kappa shape index (κ1) is 10.9. The molecule has 0 N–H and O–H groups in total. The van der Waals surface area contributed by atoms with Crippen molar-refractivity contribution in [2.75, 3.05) is 0 Å². The van der Waals surface area contributed by atoms with Crippen LogP contribution < -0.4 is 0 Å². The van der Waals surface area contributed by atoms with Crippen molar-refractivity contribution < 1.29 is 9.53 Å². The molecule has 16 heavy (non-hydrogen) atoms. The van der Waals surface area contributed by atoms with Crippen LogP contribution in [0.4, 0.5) is 0 Å². The number of nitrogens with zero attached hydrogens (tertiary/aromatic N) is 1. The molecule has 0 aromatic heterocycles. The summed E-state index contributed by atoms with van der Waals surface area (Å²) in [5.74, 6) is -0.258. The Kier molecular flexibility index (Phi) is 2.54. The first-order chi connectivity index (χ1) is 7.47. The Labute approximate surface area is 95.2 Å². The Bertz CT molecular complexity index is 429. The molecule has 0 amide bonds. The van der Waals surface area contributed by atoms with E-state index in [2.05, 4.69) is 4.99 Å². The van der Waals surface area contributed by atoms with E-state index in [1.165, 1.54) is 0 Å². The fourth-order valence-corrected chi connectivity index (χ4v) is 1.47. The maximum atomic E-state index is 11.7. The molecular formula is C13H15NO2. The van der Waals surface area contributed by atoms with Crippen LogP contribution in [-0.4, -0.2) is 23.3 Å². The lowest BCUT2D eigenvalue weighted by Gasteiger charge is -2.18. The van der Waals surface area contributed by atoms with Gasteiger partial charge in [-0.05, 0) is 26.3 Å². The van der Waals surface area contributed by atoms with Crippen LogP contribution in [0.25, 0.3) is 0 Å². The van der Waals surface area contributed by atoms with Gasteiger partial charge in [-0.1, -0.05) is 30.3 Å². The summed E-state index contributed by atoms with van der Waals surface area (Å²) in [5, 5.41) is 0. The van der Waals surface area contributed by atoms with E-state index in [-0.39, 0.29) is 12.0 Å². The zero-order chi connectivity index (χ0) is 11.8. The van der Waals surface area contributed by atoms with Crippen LogP contribution in [0.15, 0.2) is 35.3 Å². The summed E-state index contributed by atoms with van der Waals surface area (Å²) < 4.78 is 5.26. The second kappa shape index (κ2) is 3.74. The lowest BCUT2D eigenvalue weighted by Crippen LogP contribution is -2.28. The average molecular weight is 217 g/mol. The fourth-order valence-electron chi connectivity index (χ4n) is 1.47. The molecule has 0 bridgehead atoms. The molecule has 3 nitrogen and oxygen atoms in total. The molecule has 1 aliphatic heterocycles. The van der Waals surface area contributed by atoms with Gasteiger partial charge in [0.2, 0.25) is 0 Å². The van der Waals surface area contributed by atoms with Crippen LogP contribution in [0.3, 0.4) is 0 Å². The van der Waals surface area contributed by atoms with E-state index >= 15 is 0 Å². The van der Waals surface area contributed by atoms with E-state index in [4.69, 9.17) is 4.74 Å². The van der Waals surface area contributed by atoms with Crippen molar-refractivity contribution in [3.63, 3.8) is 0 Å². The van der Waals surface area contributed by atoms with Crippen LogP contribution in [0.1, 0.15) is 26.3 Å². The van der Waals surface area contributed by atoms with Crippen molar-refractivity contribution >= 4 is 11.7 Å². The van der Waals surface area contributed by atoms with Gasteiger partial charge in [0.15, 0.2) is 6.04 Å². The van der Waals surface area contributed by atoms with E-state index in [0.717, 1.165) is 11.3 Å². The van der Waals surface area contributed by atoms with E-state index in [9.17, 15) is 4.79 Å². The maximum absolute atomic E-state index is 11.7. The summed E-state index contributed by atoms with van der Waals surface area (Å²) in [6.45, 7) is 5.57. The fraction of sp³-hybridized carbons (Fsp3) is 0.385. The van der Waals surface area contributed by atoms with Gasteiger partial charge in [0, 0.05) is 0 Å². The number of carbonyl (C=O) groups is 1. The summed E-state index contributed by atoms with van der Waals surface area (Å²) >= 11 is 0. The third kappa shape index (κ3) is 2.48. The number of hydrogen-bond donors (Lipinski definition) is 0. The van der Waals surface area contributed by atoms with Crippen molar-refractivity contribution in [1.29, 1.82) is 0 Å². The molecule has 0 spiro atoms. The number of esters is 1. The maximum Gasteiger partial charge on any atom is 0.337 e. The highest BCUT2D eigenvalue weighted by Crippen LogP contribution is 2.23. The molecule has 1 aromatic rings. The zero-order valence-electron chi connectivity index (χ0n) is 9.73. The number of ether oxygens (including phenoxy) is 1. The Morgan fingerprint density at radius 3 is 2.44 bits per heavy atom. The van der Waals surface area contributed by atoms with Crippen molar-refractivity contribution in [2.45, 2.75) is 32.4 Å². The van der Waals surface area contributed by atoms with Crippen molar-refractivity contribution in [3.05, 3.63) is 35.9 Å². The number of rotatable bonds is 2. The van der Waals surface area contributed by atoms with Gasteiger partial charge in [-0.25, -0.2) is 4.79 Å². The molecule has 84 valence electrons. The predicted octanol–water partition coefficient (Wildman–Crippen LogP) is 2.20. The van der Waals surface area contributed by atoms with E-state index in [1.807, 2.05) is 51.1 Å². The monoisotopic (exact) mass is 217 g/mol. The number of hydrogen-bond acceptors (Lipinski definition) is 3. The van der Waals surface area contributed by atoms with E-state index in [0.29, 0.717) is 0 Å². The third-order valence-electron chi connectivity index (χ3n) is 2.16. The summed E-state index contributed by atoms with van der Waals surface area (Å²) in [7, 11) is 0. The van der Waals surface area contributed by atoms with Gasteiger partial charge in [0.25, 0.3) is 0 Å². The van der Waals surface area contributed by atoms with Crippen LogP contribution >= 0.6 is 0 Å². The molecule has 1 aliphatic rings. The summed E-state index contributed by atoms with van der Waals surface area (Å²) in [6, 6.07) is 9.31. The Morgan fingerprint density at radius 1 is 1.25 bits per heavy atom. The topological polar surface area (TPSA) is 38.7 Å². The van der Waals surface area contributed by atoms with Gasteiger partial charge in [-0.2, -0.15) is 0 Å². The molecule has 0 saturated heterocycles. The molecule has 2 rings (SSSR count). The quantitative estimate of drug-likeness (QED) is 0.712. The zero-order valence-corrected chi connectivity index (χ0v) is 9.73. The molecule has 3 heteroatoms. The lowest BCUT2D eigenvalue weighted by atomic mass is 10.1. The molecule has 0 aliphatic carbocycles. The number of aliphatic imine (C=N–C) groups is 1. The second-order valence-corrected chi connectivity index (χ2v) is 4.82. The Balaban J connectivity index is 1.97. The smallest absolute Gasteiger partial charge is 0.337 e. The van der Waals surface area contributed by atoms with Gasteiger partial charge in [-0.3, -0.25) is 4.99 Å². The molecule has 1 unspecified atom stereocenters. The van der Waals surface area contributed by atoms with Crippen molar-refractivity contribution in [3.8, 4) is 0 Å². The Morgan fingerprint density at radius 2 is 1.88 bits per heavy atom. The van der Waals surface area contributed by atoms with Crippen LogP contribution in [0.5, 0.6) is 0 Å². The highest BCUT2D eigenvalue weighted by Gasteiger charge is 2.38. The first-order valence-electron chi connectivity index (χ1n) is 5.33. The minimum absolute atomic E-state index is 0.258. The van der Waals surface area contributed by atoms with Gasteiger partial charge in [0.1, 0.15) is 5.60 Å². The van der Waals surface area contributed by atoms with E-state index < -0.39 is 5.60 Å². The minimum Gasteiger partial charge on any atom is -0.458 e. The first-order valence-corrected chi connectivity index (χ1v) is 5.33. The molecule has 0 fully saturated rings. The molecule has 1 atom stereocenters. The minimum atomic E-state index is -0.447. The summed E-state index contributed by atoms with van der Waals surface area (Å²) in [4.78, 5) is 15.8. The SMILES string of the molecule is CC(C)(C)OC(=O)C1N=C1c1ccccc1. The largest absolute Gasteiger partial charge is 0.458 e. The third-order valence-corrected chi connectivity index (χ3v) is 2.16. The van der Waals surface area contributed by atoms with Crippen LogP contribution in [0, 0.1) is 0 Å². The van der Waals surface area contributed by atoms with Gasteiger partial charge in [-0.15, -0.1) is 0 Å². The normalized spacial score (nSPS) is 18.9. The molecule has 0 radical (unpaired) electrons. The predicted molar refractivity (Wildman–Crippen MR) is 62.6 cm³/mol. The second-order valence-electron chi connectivity index (χ2n) is 4.82. The molecule has 1 heterocycles. The Hall–Kier alpha value is -1.64. The average Bonchev–Trinajstić information content (AvgIpc) is 2.96. The molecule has 1 aromatic carbocycles. The standard InChI is InChI=1S/C13H15NO2/c1-13(2,3)16-12(15)11-10(14-11)9-7-5-4-6-8-9/h4-8,11H,1-3H3. The lowest BCUT2D eigenvalue weighted by molar-refractivity contribution is -0.153. The van der Waals surface area contributed by atoms with Gasteiger partial charge >= 0.3 is 5.97 Å². The van der Waals surface area contributed by atoms with E-state index in [1.54, 1.807) is 0 Å². The van der Waals surface area contributed by atoms with Crippen molar-refractivity contribution in [2.24, 2.45) is 4.99 Å². The highest BCUT2D eigenvalue weighted by molar-refractivity contribution is 6.24. The summed E-state index contributed by atoms with van der Waals surface area (Å²) in [5.41, 5.74) is 1.38. The number of carbonyl (C=O) groups excluding carboxylic acids is 1. The van der Waals surface area contributed by atoms with Gasteiger partial charge < -0.3 is 4.74 Å². The summed E-state index contributed by atoms with van der Waals surface area (Å²) in [6.07, 6.45) is 0. The van der Waals surface area contributed by atoms with Crippen LogP contribution in [0.2, 0.25) is 0 Å². The highest BCUT2D eigenvalue weighted by atomic mass is 16.6. The van der Waals surface area contributed by atoms with Crippen molar-refractivity contribution in [1.82, 2.24) is 0 Å².